The fourth-order valence-electron chi connectivity index (χ4n) is 5.17. The van der Waals surface area contributed by atoms with Crippen LogP contribution in [0.25, 0.3) is 21.9 Å². The first-order chi connectivity index (χ1) is 20.5. The highest BCUT2D eigenvalue weighted by molar-refractivity contribution is 5.88. The Kier molecular flexibility index (Phi) is 5.44. The van der Waals surface area contributed by atoms with E-state index in [1.54, 1.807) is 0 Å². The van der Waals surface area contributed by atoms with Crippen LogP contribution in [0.4, 0.5) is 29.6 Å². The minimum absolute atomic E-state index is 0.0353. The average molecular weight is 574 g/mol. The van der Waals surface area contributed by atoms with Crippen molar-refractivity contribution in [2.75, 3.05) is 5.32 Å². The molecule has 0 spiro atoms. The Labute approximate surface area is 236 Å². The molecule has 13 heteroatoms. The Balaban J connectivity index is 1.38. The monoisotopic (exact) mass is 573 g/mol. The molecule has 0 radical (unpaired) electrons. The zero-order chi connectivity index (χ0) is 31.8. The van der Waals surface area contributed by atoms with E-state index in [1.807, 2.05) is 0 Å². The van der Waals surface area contributed by atoms with Crippen molar-refractivity contribution in [3.05, 3.63) is 58.1 Å². The van der Waals surface area contributed by atoms with Crippen molar-refractivity contribution >= 4 is 39.7 Å². The van der Waals surface area contributed by atoms with E-state index in [0.29, 0.717) is 17.4 Å². The number of amides is 1. The van der Waals surface area contributed by atoms with Crippen molar-refractivity contribution in [3.8, 4) is 0 Å². The molecule has 41 heavy (non-hydrogen) atoms. The van der Waals surface area contributed by atoms with Gasteiger partial charge in [0.1, 0.15) is 17.7 Å². The van der Waals surface area contributed by atoms with Crippen molar-refractivity contribution in [2.45, 2.75) is 69.5 Å². The van der Waals surface area contributed by atoms with Crippen LogP contribution in [0.1, 0.15) is 60.8 Å². The van der Waals surface area contributed by atoms with Crippen LogP contribution in [-0.2, 0) is 23.5 Å². The molecular formula is C28H29F3N6O4. The van der Waals surface area contributed by atoms with Gasteiger partial charge in [0, 0.05) is 34.6 Å². The van der Waals surface area contributed by atoms with Crippen LogP contribution < -0.4 is 16.3 Å². The maximum Gasteiger partial charge on any atom is 0.418 e. The van der Waals surface area contributed by atoms with E-state index in [2.05, 4.69) is 20.6 Å². The van der Waals surface area contributed by atoms with E-state index >= 15 is 0 Å². The molecule has 2 aliphatic rings. The van der Waals surface area contributed by atoms with Gasteiger partial charge in [0.05, 0.1) is 33.9 Å². The van der Waals surface area contributed by atoms with Crippen LogP contribution in [0, 0.1) is 0 Å². The number of pyridine rings is 2. The molecule has 2 fully saturated rings. The molecule has 0 saturated heterocycles. The molecule has 3 N–H and O–H groups in total. The summed E-state index contributed by atoms with van der Waals surface area (Å²) in [6, 6.07) is 5.72. The Morgan fingerprint density at radius 2 is 1.90 bits per heavy atom. The summed E-state index contributed by atoms with van der Waals surface area (Å²) in [4.78, 5) is 33.9. The number of nitrogens with one attached hydrogen (secondary N) is 2. The lowest BCUT2D eigenvalue weighted by atomic mass is 9.86. The van der Waals surface area contributed by atoms with E-state index < -0.39 is 42.1 Å². The number of rotatable bonds is 6. The van der Waals surface area contributed by atoms with E-state index in [-0.39, 0.29) is 51.3 Å². The highest BCUT2D eigenvalue weighted by Crippen LogP contribution is 2.39. The topological polar surface area (TPSA) is 123 Å². The van der Waals surface area contributed by atoms with Crippen molar-refractivity contribution < 1.29 is 31.9 Å². The number of hydrogen-bond donors (Lipinski definition) is 3. The summed E-state index contributed by atoms with van der Waals surface area (Å²) >= 11 is 0. The number of benzene rings is 1. The number of anilines is 2. The lowest BCUT2D eigenvalue weighted by Crippen LogP contribution is -2.47. The first-order valence-electron chi connectivity index (χ1n) is 14.6. The number of imidazole rings is 1. The molecule has 3 aromatic heterocycles. The number of nitrogens with zero attached hydrogens (tertiary/aromatic N) is 4. The molecule has 0 bridgehead atoms. The van der Waals surface area contributed by atoms with Gasteiger partial charge in [-0.15, -0.1) is 0 Å². The maximum absolute atomic E-state index is 13.9. The number of hydrogen-bond acceptors (Lipinski definition) is 7. The van der Waals surface area contributed by atoms with E-state index in [4.69, 9.17) is 8.85 Å². The van der Waals surface area contributed by atoms with E-state index in [9.17, 15) is 27.9 Å². The van der Waals surface area contributed by atoms with Gasteiger partial charge in [0.2, 0.25) is 0 Å². The fraction of sp³-hybridized carbons (Fsp3) is 0.429. The number of carbonyl (C=O) groups is 1. The first kappa shape index (κ1) is 23.6. The van der Waals surface area contributed by atoms with Gasteiger partial charge in [0.15, 0.2) is 0 Å². The average Bonchev–Trinajstić information content (AvgIpc) is 3.64. The molecule has 1 aromatic carbocycles. The van der Waals surface area contributed by atoms with Gasteiger partial charge in [-0.05, 0) is 57.2 Å². The van der Waals surface area contributed by atoms with E-state index in [1.165, 1.54) is 48.9 Å². The summed E-state index contributed by atoms with van der Waals surface area (Å²) < 4.78 is 72.6. The minimum atomic E-state index is -4.71. The normalized spacial score (nSPS) is 20.7. The number of halogens is 3. The lowest BCUT2D eigenvalue weighted by molar-refractivity contribution is -0.136. The first-order valence-corrected chi connectivity index (χ1v) is 13.1. The molecule has 0 aliphatic heterocycles. The second kappa shape index (κ2) is 9.47. The fourth-order valence-corrected chi connectivity index (χ4v) is 5.17. The third-order valence-corrected chi connectivity index (χ3v) is 7.42. The van der Waals surface area contributed by atoms with Crippen LogP contribution in [0.5, 0.6) is 0 Å². The number of fused-ring (bicyclic) bond motifs is 2. The van der Waals surface area contributed by atoms with Gasteiger partial charge in [-0.2, -0.15) is 13.2 Å². The zero-order valence-electron chi connectivity index (χ0n) is 25.1. The quantitative estimate of drug-likeness (QED) is 0.301. The van der Waals surface area contributed by atoms with Gasteiger partial charge >= 0.3 is 18.0 Å². The third-order valence-electron chi connectivity index (χ3n) is 7.42. The van der Waals surface area contributed by atoms with Crippen molar-refractivity contribution in [3.63, 3.8) is 0 Å². The predicted octanol–water partition coefficient (Wildman–Crippen LogP) is 4.87. The Morgan fingerprint density at radius 1 is 1.15 bits per heavy atom. The molecule has 216 valence electrons. The number of carbonyl (C=O) groups excluding carboxylic acids is 1. The second-order valence-corrected chi connectivity index (χ2v) is 11.1. The summed E-state index contributed by atoms with van der Waals surface area (Å²) in [5.41, 5.74) is -3.22. The van der Waals surface area contributed by atoms with Crippen LogP contribution in [0.3, 0.4) is 0 Å². The standard InChI is InChI=1S/C28H29F3N6O4/c1-27(2,40)19-11-23(35-24-17(19)5-4-6-18(24)28(29,30)31)34-22-12-20-21(13-32-22)36(3)26(39)37(20)15-9-14(10-15)33-25(38)41-16-7-8-16/h4-6,11-16,40H,7-10H2,1-3H3,(H,33,38)(H,32,34,35)/t14-,15-/i3D3. The van der Waals surface area contributed by atoms with Crippen molar-refractivity contribution in [1.29, 1.82) is 0 Å². The van der Waals surface area contributed by atoms with Crippen LogP contribution >= 0.6 is 0 Å². The van der Waals surface area contributed by atoms with Crippen LogP contribution in [0.2, 0.25) is 0 Å². The molecule has 3 heterocycles. The largest absolute Gasteiger partial charge is 0.446 e. The van der Waals surface area contributed by atoms with Gasteiger partial charge in [-0.1, -0.05) is 12.1 Å². The number of ether oxygens (including phenoxy) is 1. The van der Waals surface area contributed by atoms with Crippen LogP contribution in [-0.4, -0.2) is 42.4 Å². The second-order valence-electron chi connectivity index (χ2n) is 11.1. The SMILES string of the molecule is [2H]C([2H])([2H])n1c(=O)n([C@H]2C[C@H](NC(=O)OC3CC3)C2)c2cc(Nc3cc(C(C)(C)O)c4cccc(C(F)(F)F)c4n3)ncc21. The molecule has 10 nitrogen and oxygen atoms in total. The van der Waals surface area contributed by atoms with Gasteiger partial charge in [-0.25, -0.2) is 19.6 Å². The predicted molar refractivity (Wildman–Crippen MR) is 145 cm³/mol. The molecular weight excluding hydrogens is 541 g/mol. The molecule has 1 amide bonds. The van der Waals surface area contributed by atoms with Gasteiger partial charge < -0.3 is 20.5 Å². The Hall–Kier alpha value is -4.13. The summed E-state index contributed by atoms with van der Waals surface area (Å²) in [5, 5.41) is 16.5. The highest BCUT2D eigenvalue weighted by Gasteiger charge is 2.37. The van der Waals surface area contributed by atoms with Crippen molar-refractivity contribution in [2.24, 2.45) is 6.98 Å². The van der Waals surface area contributed by atoms with Crippen molar-refractivity contribution in [1.82, 2.24) is 24.4 Å². The van der Waals surface area contributed by atoms with Crippen LogP contribution in [0.15, 0.2) is 41.3 Å². The molecule has 2 aliphatic carbocycles. The Morgan fingerprint density at radius 3 is 2.56 bits per heavy atom. The third kappa shape index (κ3) is 5.09. The highest BCUT2D eigenvalue weighted by atomic mass is 19.4. The van der Waals surface area contributed by atoms with Gasteiger partial charge in [0.25, 0.3) is 0 Å². The smallest absolute Gasteiger partial charge is 0.418 e. The summed E-state index contributed by atoms with van der Waals surface area (Å²) in [6.45, 7) is 0.0691. The summed E-state index contributed by atoms with van der Waals surface area (Å²) in [5.74, 6) is 0.0263. The molecule has 0 atom stereocenters. The maximum atomic E-state index is 13.9. The number of aliphatic hydroxyl groups is 1. The van der Waals surface area contributed by atoms with Gasteiger partial charge in [-0.3, -0.25) is 9.13 Å². The lowest BCUT2D eigenvalue weighted by Gasteiger charge is -2.36. The number of para-hydroxylation sites is 1. The molecule has 2 saturated carbocycles. The number of alkyl halides is 3. The summed E-state index contributed by atoms with van der Waals surface area (Å²) in [6.07, 6.45) is -1.76. The zero-order valence-corrected chi connectivity index (χ0v) is 22.1. The summed E-state index contributed by atoms with van der Waals surface area (Å²) in [7, 11) is 0. The Bertz CT molecular complexity index is 1840. The minimum Gasteiger partial charge on any atom is -0.446 e. The number of aryl methyl sites for hydroxylation is 1. The molecule has 0 unspecified atom stereocenters. The number of alkyl carbamates (subject to hydrolysis) is 1. The van der Waals surface area contributed by atoms with E-state index in [0.717, 1.165) is 18.9 Å². The molecule has 4 aromatic rings. The molecule has 6 rings (SSSR count). The number of aromatic nitrogens is 4.